The van der Waals surface area contributed by atoms with Crippen LogP contribution in [-0.4, -0.2) is 57.4 Å². The molecule has 0 aromatic carbocycles. The number of ether oxygens (including phenoxy) is 1. The van der Waals surface area contributed by atoms with Crippen molar-refractivity contribution in [1.82, 2.24) is 19.8 Å². The summed E-state index contributed by atoms with van der Waals surface area (Å²) in [6.07, 6.45) is 9.97. The van der Waals surface area contributed by atoms with Gasteiger partial charge in [0.15, 0.2) is 0 Å². The van der Waals surface area contributed by atoms with Crippen molar-refractivity contribution in [3.63, 3.8) is 0 Å². The average Bonchev–Trinajstić information content (AvgIpc) is 3.38. The van der Waals surface area contributed by atoms with Crippen molar-refractivity contribution in [3.8, 4) is 0 Å². The zero-order valence-corrected chi connectivity index (χ0v) is 18.8. The molecule has 0 spiro atoms. The smallest absolute Gasteiger partial charge is 0.254 e. The summed E-state index contributed by atoms with van der Waals surface area (Å²) in [5.74, 6) is 0.907. The van der Waals surface area contributed by atoms with Crippen molar-refractivity contribution < 1.29 is 14.3 Å². The van der Waals surface area contributed by atoms with Gasteiger partial charge in [0.25, 0.3) is 11.5 Å². The minimum atomic E-state index is -0.372. The van der Waals surface area contributed by atoms with Gasteiger partial charge in [0, 0.05) is 31.2 Å². The number of aromatic nitrogens is 2. The number of aromatic amines is 1. The maximum Gasteiger partial charge on any atom is 0.254 e. The van der Waals surface area contributed by atoms with Gasteiger partial charge in [0.05, 0.1) is 18.3 Å². The summed E-state index contributed by atoms with van der Waals surface area (Å²) >= 11 is 0. The molecular weight excluding hydrogens is 408 g/mol. The number of H-pyrrole nitrogens is 1. The van der Waals surface area contributed by atoms with Crippen LogP contribution >= 0.6 is 0 Å². The van der Waals surface area contributed by atoms with Crippen LogP contribution in [0.4, 0.5) is 0 Å². The molecule has 8 nitrogen and oxygen atoms in total. The minimum Gasteiger partial charge on any atom is -0.368 e. The predicted octanol–water partition coefficient (Wildman–Crippen LogP) is 2.47. The molecule has 1 aliphatic carbocycles. The van der Waals surface area contributed by atoms with Crippen LogP contribution in [0.3, 0.4) is 0 Å². The molecule has 2 amide bonds. The van der Waals surface area contributed by atoms with Crippen molar-refractivity contribution in [3.05, 3.63) is 27.4 Å². The molecule has 174 valence electrons. The summed E-state index contributed by atoms with van der Waals surface area (Å²) in [5.41, 5.74) is 1.27. The quantitative estimate of drug-likeness (QED) is 0.776. The number of rotatable bonds is 3. The summed E-state index contributed by atoms with van der Waals surface area (Å²) in [6.45, 7) is 2.28. The Balaban J connectivity index is 1.37. The third-order valence-corrected chi connectivity index (χ3v) is 7.66. The average molecular weight is 443 g/mol. The lowest BCUT2D eigenvalue weighted by atomic mass is 9.88. The Morgan fingerprint density at radius 3 is 2.53 bits per heavy atom. The lowest BCUT2D eigenvalue weighted by Crippen LogP contribution is -2.46. The zero-order chi connectivity index (χ0) is 22.1. The standard InChI is InChI=1S/C24H34N4O4/c29-22-17-11-13-27(23(30)16-7-2-1-3-8-16)15-18(17)25-21(26-22)19-9-4-5-12-28(19)24(31)20-10-6-14-32-20/h16,19-20H,1-15H2,(H,25,26,29). The summed E-state index contributed by atoms with van der Waals surface area (Å²) in [6, 6.07) is -0.233. The summed E-state index contributed by atoms with van der Waals surface area (Å²) < 4.78 is 5.64. The first kappa shape index (κ1) is 21.6. The predicted molar refractivity (Wildman–Crippen MR) is 118 cm³/mol. The number of piperidine rings is 1. The second kappa shape index (κ2) is 9.33. The first-order valence-electron chi connectivity index (χ1n) is 12.4. The van der Waals surface area contributed by atoms with E-state index in [1.807, 2.05) is 9.80 Å². The maximum atomic E-state index is 13.1. The van der Waals surface area contributed by atoms with Gasteiger partial charge in [-0.15, -0.1) is 0 Å². The Hall–Kier alpha value is -2.22. The Morgan fingerprint density at radius 1 is 0.938 bits per heavy atom. The van der Waals surface area contributed by atoms with Crippen LogP contribution in [0.25, 0.3) is 0 Å². The molecule has 1 aromatic rings. The zero-order valence-electron chi connectivity index (χ0n) is 18.8. The first-order valence-corrected chi connectivity index (χ1v) is 12.4. The highest BCUT2D eigenvalue weighted by Gasteiger charge is 2.37. The van der Waals surface area contributed by atoms with Crippen LogP contribution in [0, 0.1) is 5.92 Å². The molecule has 1 N–H and O–H groups in total. The summed E-state index contributed by atoms with van der Waals surface area (Å²) in [5, 5.41) is 0. The number of nitrogens with one attached hydrogen (secondary N) is 1. The molecule has 1 aromatic heterocycles. The van der Waals surface area contributed by atoms with Crippen LogP contribution in [0.2, 0.25) is 0 Å². The van der Waals surface area contributed by atoms with Crippen LogP contribution in [-0.2, 0) is 27.3 Å². The van der Waals surface area contributed by atoms with E-state index in [1.165, 1.54) is 6.42 Å². The Kier molecular flexibility index (Phi) is 6.31. The highest BCUT2D eigenvalue weighted by atomic mass is 16.5. The molecule has 2 saturated heterocycles. The van der Waals surface area contributed by atoms with Gasteiger partial charge in [0.2, 0.25) is 5.91 Å². The van der Waals surface area contributed by atoms with Gasteiger partial charge in [-0.05, 0) is 51.4 Å². The number of amides is 2. The Bertz CT molecular complexity index is 917. The van der Waals surface area contributed by atoms with E-state index in [1.54, 1.807) is 0 Å². The normalized spacial score (nSPS) is 26.8. The van der Waals surface area contributed by atoms with Gasteiger partial charge in [-0.2, -0.15) is 0 Å². The van der Waals surface area contributed by atoms with E-state index in [2.05, 4.69) is 4.98 Å². The van der Waals surface area contributed by atoms with Gasteiger partial charge in [0.1, 0.15) is 11.9 Å². The fraction of sp³-hybridized carbons (Fsp3) is 0.750. The summed E-state index contributed by atoms with van der Waals surface area (Å²) in [4.78, 5) is 50.7. The minimum absolute atomic E-state index is 0.0154. The van der Waals surface area contributed by atoms with Gasteiger partial charge >= 0.3 is 0 Å². The molecule has 1 saturated carbocycles. The highest BCUT2D eigenvalue weighted by molar-refractivity contribution is 5.81. The molecule has 0 bridgehead atoms. The summed E-state index contributed by atoms with van der Waals surface area (Å²) in [7, 11) is 0. The van der Waals surface area contributed by atoms with E-state index in [-0.39, 0.29) is 35.4 Å². The topological polar surface area (TPSA) is 95.6 Å². The lowest BCUT2D eigenvalue weighted by Gasteiger charge is -2.37. The van der Waals surface area contributed by atoms with Crippen molar-refractivity contribution in [2.45, 2.75) is 89.3 Å². The molecule has 5 rings (SSSR count). The maximum absolute atomic E-state index is 13.1. The SMILES string of the molecule is O=C(C1CCCCC1)N1CCc2c(nc(C3CCCCN3C(=O)C3CCCO3)[nH]c2=O)C1. The highest BCUT2D eigenvalue weighted by Crippen LogP contribution is 2.32. The molecule has 3 aliphatic heterocycles. The molecule has 0 radical (unpaired) electrons. The molecule has 8 heteroatoms. The van der Waals surface area contributed by atoms with Crippen molar-refractivity contribution >= 4 is 11.8 Å². The van der Waals surface area contributed by atoms with Crippen molar-refractivity contribution in [2.24, 2.45) is 5.92 Å². The number of likely N-dealkylation sites (tertiary alicyclic amines) is 1. The van der Waals surface area contributed by atoms with Crippen LogP contribution < -0.4 is 5.56 Å². The van der Waals surface area contributed by atoms with Gasteiger partial charge in [-0.3, -0.25) is 14.4 Å². The molecular formula is C24H34N4O4. The molecule has 32 heavy (non-hydrogen) atoms. The van der Waals surface area contributed by atoms with E-state index >= 15 is 0 Å². The molecule has 2 atom stereocenters. The Morgan fingerprint density at radius 2 is 1.75 bits per heavy atom. The number of fused-ring (bicyclic) bond motifs is 1. The second-order valence-corrected chi connectivity index (χ2v) is 9.77. The number of carbonyl (C=O) groups is 2. The van der Waals surface area contributed by atoms with Gasteiger partial charge in [-0.25, -0.2) is 4.98 Å². The monoisotopic (exact) mass is 442 g/mol. The third-order valence-electron chi connectivity index (χ3n) is 7.66. The third kappa shape index (κ3) is 4.21. The van der Waals surface area contributed by atoms with Gasteiger partial charge < -0.3 is 19.5 Å². The number of hydrogen-bond donors (Lipinski definition) is 1. The number of hydrogen-bond acceptors (Lipinski definition) is 5. The van der Waals surface area contributed by atoms with Crippen molar-refractivity contribution in [1.29, 1.82) is 0 Å². The molecule has 4 heterocycles. The lowest BCUT2D eigenvalue weighted by molar-refractivity contribution is -0.145. The fourth-order valence-electron chi connectivity index (χ4n) is 5.85. The van der Waals surface area contributed by atoms with Crippen LogP contribution in [0.15, 0.2) is 4.79 Å². The van der Waals surface area contributed by atoms with Gasteiger partial charge in [-0.1, -0.05) is 19.3 Å². The van der Waals surface area contributed by atoms with E-state index in [9.17, 15) is 14.4 Å². The molecule has 2 unspecified atom stereocenters. The Labute approximate surface area is 188 Å². The van der Waals surface area contributed by atoms with Crippen LogP contribution in [0.5, 0.6) is 0 Å². The van der Waals surface area contributed by atoms with E-state index < -0.39 is 0 Å². The number of carbonyl (C=O) groups excluding carboxylic acids is 2. The largest absolute Gasteiger partial charge is 0.368 e. The fourth-order valence-corrected chi connectivity index (χ4v) is 5.85. The van der Waals surface area contributed by atoms with Crippen molar-refractivity contribution in [2.75, 3.05) is 19.7 Å². The van der Waals surface area contributed by atoms with E-state index in [4.69, 9.17) is 9.72 Å². The van der Waals surface area contributed by atoms with E-state index in [0.29, 0.717) is 49.7 Å². The second-order valence-electron chi connectivity index (χ2n) is 9.77. The van der Waals surface area contributed by atoms with Crippen LogP contribution in [0.1, 0.15) is 87.3 Å². The first-order chi connectivity index (χ1) is 15.6. The van der Waals surface area contributed by atoms with E-state index in [0.717, 1.165) is 57.8 Å². The molecule has 4 aliphatic rings. The molecule has 3 fully saturated rings. The number of nitrogens with zero attached hydrogens (tertiary/aromatic N) is 3.